The minimum Gasteiger partial charge on any atom is -0.347 e. The van der Waals surface area contributed by atoms with Crippen LogP contribution in [-0.2, 0) is 10.0 Å². The van der Waals surface area contributed by atoms with Crippen LogP contribution in [0.4, 0.5) is 0 Å². The number of rotatable bonds is 3. The molecule has 0 amide bonds. The van der Waals surface area contributed by atoms with Crippen molar-refractivity contribution >= 4 is 60.3 Å². The summed E-state index contributed by atoms with van der Waals surface area (Å²) >= 11 is 9.67. The van der Waals surface area contributed by atoms with Crippen molar-refractivity contribution < 1.29 is 8.42 Å². The van der Waals surface area contributed by atoms with Crippen LogP contribution in [0.2, 0.25) is 5.02 Å². The second-order valence-electron chi connectivity index (χ2n) is 7.02. The van der Waals surface area contributed by atoms with E-state index in [0.717, 1.165) is 36.2 Å². The Bertz CT molecular complexity index is 1400. The molecule has 1 aliphatic rings. The molecular weight excluding hydrogens is 474 g/mol. The molecule has 0 radical (unpaired) electrons. The molecule has 1 aliphatic heterocycles. The Morgan fingerprint density at radius 3 is 2.58 bits per heavy atom. The van der Waals surface area contributed by atoms with Gasteiger partial charge < -0.3 is 5.32 Å². The van der Waals surface area contributed by atoms with Crippen molar-refractivity contribution in [2.45, 2.75) is 6.04 Å². The zero-order valence-corrected chi connectivity index (χ0v) is 19.4. The van der Waals surface area contributed by atoms with Gasteiger partial charge in [-0.05, 0) is 6.07 Å². The van der Waals surface area contributed by atoms with Crippen molar-refractivity contribution in [3.05, 3.63) is 58.0 Å². The predicted octanol–water partition coefficient (Wildman–Crippen LogP) is 4.58. The van der Waals surface area contributed by atoms with Gasteiger partial charge in [0.1, 0.15) is 5.01 Å². The Morgan fingerprint density at radius 2 is 1.90 bits per heavy atom. The molecule has 2 N–H and O–H groups in total. The molecular formula is C20H16ClN5O2S3. The van der Waals surface area contributed by atoms with E-state index in [1.54, 1.807) is 23.7 Å². The third-order valence-corrected chi connectivity index (χ3v) is 9.58. The van der Waals surface area contributed by atoms with Gasteiger partial charge in [0.05, 0.1) is 27.2 Å². The van der Waals surface area contributed by atoms with Gasteiger partial charge in [0.15, 0.2) is 0 Å². The smallest absolute Gasteiger partial charge is 0.239 e. The number of aromatic nitrogens is 2. The first kappa shape index (κ1) is 20.4. The zero-order valence-electron chi connectivity index (χ0n) is 16.2. The minimum atomic E-state index is -3.58. The summed E-state index contributed by atoms with van der Waals surface area (Å²) in [5, 5.41) is 15.1. The molecule has 1 unspecified atom stereocenters. The maximum Gasteiger partial charge on any atom is 0.239 e. The van der Waals surface area contributed by atoms with Crippen LogP contribution in [0.25, 0.3) is 31.9 Å². The van der Waals surface area contributed by atoms with Gasteiger partial charge in [-0.15, -0.1) is 22.7 Å². The Morgan fingerprint density at radius 1 is 1.16 bits per heavy atom. The molecule has 5 rings (SSSR count). The molecule has 0 aliphatic carbocycles. The molecule has 0 spiro atoms. The van der Waals surface area contributed by atoms with Gasteiger partial charge >= 0.3 is 0 Å². The summed E-state index contributed by atoms with van der Waals surface area (Å²) in [5.41, 5.74) is 2.76. The number of nitrogens with one attached hydrogen (secondary N) is 2. The standard InChI is InChI=1S/C20H16ClN5O2S3/c1-26-20(22)25-14(10-31(26,27)28)18-15(21)13-6-7-23-16(17(13)30-18)11-2-4-12(5-3-11)19-24-8-9-29-19/h2-9,14H,10H2,1H3,(H2,22,25). The summed E-state index contributed by atoms with van der Waals surface area (Å²) in [6, 6.07) is 9.27. The van der Waals surface area contributed by atoms with E-state index in [1.807, 2.05) is 35.7 Å². The van der Waals surface area contributed by atoms with E-state index in [0.29, 0.717) is 9.90 Å². The van der Waals surface area contributed by atoms with E-state index in [9.17, 15) is 8.42 Å². The molecule has 31 heavy (non-hydrogen) atoms. The van der Waals surface area contributed by atoms with Crippen molar-refractivity contribution in [3.63, 3.8) is 0 Å². The Balaban J connectivity index is 1.57. The molecule has 4 heterocycles. The van der Waals surface area contributed by atoms with E-state index in [4.69, 9.17) is 17.0 Å². The van der Waals surface area contributed by atoms with Gasteiger partial charge in [-0.25, -0.2) is 17.7 Å². The fourth-order valence-corrected chi connectivity index (χ4v) is 7.17. The van der Waals surface area contributed by atoms with Crippen LogP contribution in [0.15, 0.2) is 48.1 Å². The lowest BCUT2D eigenvalue weighted by Gasteiger charge is -2.31. The molecule has 7 nitrogen and oxygen atoms in total. The van der Waals surface area contributed by atoms with Crippen LogP contribution in [0.5, 0.6) is 0 Å². The minimum absolute atomic E-state index is 0.163. The average molecular weight is 490 g/mol. The number of guanidine groups is 1. The Hall–Kier alpha value is -2.53. The summed E-state index contributed by atoms with van der Waals surface area (Å²) in [4.78, 5) is 9.60. The quantitative estimate of drug-likeness (QED) is 0.438. The molecule has 4 aromatic rings. The summed E-state index contributed by atoms with van der Waals surface area (Å²) in [5.74, 6) is -0.329. The van der Waals surface area contributed by atoms with Gasteiger partial charge in [-0.1, -0.05) is 35.9 Å². The van der Waals surface area contributed by atoms with Crippen molar-refractivity contribution in [1.29, 1.82) is 5.41 Å². The third kappa shape index (κ3) is 3.49. The van der Waals surface area contributed by atoms with E-state index >= 15 is 0 Å². The van der Waals surface area contributed by atoms with Crippen LogP contribution in [0.1, 0.15) is 10.9 Å². The molecule has 0 saturated carbocycles. The van der Waals surface area contributed by atoms with Crippen molar-refractivity contribution in [2.24, 2.45) is 0 Å². The van der Waals surface area contributed by atoms with Crippen LogP contribution in [0.3, 0.4) is 0 Å². The highest BCUT2D eigenvalue weighted by molar-refractivity contribution is 7.89. The number of benzene rings is 1. The van der Waals surface area contributed by atoms with Crippen molar-refractivity contribution in [2.75, 3.05) is 12.8 Å². The highest BCUT2D eigenvalue weighted by Gasteiger charge is 2.35. The Kier molecular flexibility index (Phi) is 4.97. The summed E-state index contributed by atoms with van der Waals surface area (Å²) in [6.45, 7) is 0. The van der Waals surface area contributed by atoms with Gasteiger partial charge in [0.2, 0.25) is 16.0 Å². The number of nitrogens with zero attached hydrogens (tertiary/aromatic N) is 3. The first-order valence-corrected chi connectivity index (χ1v) is 12.9. The fraction of sp³-hybridized carbons (Fsp3) is 0.150. The van der Waals surface area contributed by atoms with Crippen molar-refractivity contribution in [1.82, 2.24) is 19.6 Å². The molecule has 1 fully saturated rings. The largest absolute Gasteiger partial charge is 0.347 e. The van der Waals surface area contributed by atoms with E-state index in [2.05, 4.69) is 15.3 Å². The second kappa shape index (κ2) is 7.56. The van der Waals surface area contributed by atoms with Crippen LogP contribution in [-0.4, -0.2) is 41.5 Å². The lowest BCUT2D eigenvalue weighted by atomic mass is 10.1. The number of fused-ring (bicyclic) bond motifs is 1. The monoisotopic (exact) mass is 489 g/mol. The van der Waals surface area contributed by atoms with Gasteiger partial charge in [0, 0.05) is 46.2 Å². The molecule has 1 saturated heterocycles. The number of thiophene rings is 1. The van der Waals surface area contributed by atoms with E-state index in [1.165, 1.54) is 18.4 Å². The van der Waals surface area contributed by atoms with Gasteiger partial charge in [-0.3, -0.25) is 10.4 Å². The lowest BCUT2D eigenvalue weighted by Crippen LogP contribution is -2.51. The molecule has 158 valence electrons. The normalized spacial score (nSPS) is 18.3. The number of hydrogen-bond donors (Lipinski definition) is 2. The van der Waals surface area contributed by atoms with Crippen LogP contribution < -0.4 is 5.32 Å². The maximum absolute atomic E-state index is 12.4. The molecule has 0 bridgehead atoms. The zero-order chi connectivity index (χ0) is 21.8. The third-order valence-electron chi connectivity index (χ3n) is 5.14. The van der Waals surface area contributed by atoms with E-state index in [-0.39, 0.29) is 11.7 Å². The van der Waals surface area contributed by atoms with Crippen LogP contribution >= 0.6 is 34.3 Å². The highest BCUT2D eigenvalue weighted by atomic mass is 35.5. The van der Waals surface area contributed by atoms with E-state index < -0.39 is 16.1 Å². The van der Waals surface area contributed by atoms with Crippen molar-refractivity contribution in [3.8, 4) is 21.8 Å². The number of hydrogen-bond acceptors (Lipinski definition) is 7. The molecule has 11 heteroatoms. The summed E-state index contributed by atoms with van der Waals surface area (Å²) in [7, 11) is -2.21. The summed E-state index contributed by atoms with van der Waals surface area (Å²) in [6.07, 6.45) is 3.48. The fourth-order valence-electron chi connectivity index (χ4n) is 3.48. The first-order chi connectivity index (χ1) is 14.8. The molecule has 1 aromatic carbocycles. The molecule has 1 atom stereocenters. The van der Waals surface area contributed by atoms with Gasteiger partial charge in [0.25, 0.3) is 0 Å². The number of pyridine rings is 1. The second-order valence-corrected chi connectivity index (χ2v) is 11.4. The number of halogens is 1. The first-order valence-electron chi connectivity index (χ1n) is 9.24. The summed E-state index contributed by atoms with van der Waals surface area (Å²) < 4.78 is 26.6. The average Bonchev–Trinajstić information content (AvgIpc) is 3.40. The van der Waals surface area contributed by atoms with Gasteiger partial charge in [-0.2, -0.15) is 0 Å². The highest BCUT2D eigenvalue weighted by Crippen LogP contribution is 2.43. The lowest BCUT2D eigenvalue weighted by molar-refractivity contribution is 0.508. The Labute approximate surface area is 191 Å². The molecule has 3 aromatic heterocycles. The number of thiazole rings is 1. The maximum atomic E-state index is 12.4. The topological polar surface area (TPSA) is 99.0 Å². The SMILES string of the molecule is CN1C(=N)NC(c2sc3c(-c4ccc(-c5nccs5)cc4)nccc3c2Cl)CS1(=O)=O. The van der Waals surface area contributed by atoms with Crippen LogP contribution in [0, 0.1) is 5.41 Å². The predicted molar refractivity (Wildman–Crippen MR) is 126 cm³/mol. The number of sulfonamides is 1.